The molecular formula is C11H13BrN2O. The fraction of sp³-hybridized carbons (Fsp3) is 0.364. The van der Waals surface area contributed by atoms with Crippen LogP contribution in [-0.4, -0.2) is 18.5 Å². The third-order valence-corrected chi connectivity index (χ3v) is 3.52. The van der Waals surface area contributed by atoms with E-state index >= 15 is 0 Å². The van der Waals surface area contributed by atoms with E-state index in [4.69, 9.17) is 0 Å². The van der Waals surface area contributed by atoms with Gasteiger partial charge in [0.25, 0.3) is 0 Å². The van der Waals surface area contributed by atoms with Crippen molar-refractivity contribution in [3.05, 3.63) is 28.2 Å². The van der Waals surface area contributed by atoms with Crippen LogP contribution in [-0.2, 0) is 4.79 Å². The molecular weight excluding hydrogens is 256 g/mol. The van der Waals surface area contributed by atoms with E-state index < -0.39 is 0 Å². The van der Waals surface area contributed by atoms with Crippen LogP contribution < -0.4 is 10.6 Å². The predicted molar refractivity (Wildman–Crippen MR) is 63.9 cm³/mol. The van der Waals surface area contributed by atoms with E-state index in [0.29, 0.717) is 0 Å². The molecule has 1 heterocycles. The van der Waals surface area contributed by atoms with Crippen molar-refractivity contribution in [2.75, 3.05) is 11.9 Å². The summed E-state index contributed by atoms with van der Waals surface area (Å²) in [5, 5.41) is 6.00. The quantitative estimate of drug-likeness (QED) is 0.862. The minimum Gasteiger partial charge on any atom is -0.324 e. The molecule has 2 N–H and O–H groups in total. The molecule has 4 heteroatoms. The first kappa shape index (κ1) is 10.6. The molecule has 0 unspecified atom stereocenters. The molecule has 1 aliphatic rings. The number of anilines is 1. The van der Waals surface area contributed by atoms with Crippen molar-refractivity contribution in [2.45, 2.75) is 19.4 Å². The number of halogens is 1. The number of rotatable bonds is 2. The highest BCUT2D eigenvalue weighted by Crippen LogP contribution is 2.23. The van der Waals surface area contributed by atoms with Gasteiger partial charge in [0.15, 0.2) is 0 Å². The van der Waals surface area contributed by atoms with Crippen molar-refractivity contribution in [2.24, 2.45) is 0 Å². The number of nitrogens with one attached hydrogen (secondary N) is 2. The molecule has 1 saturated heterocycles. The zero-order valence-corrected chi connectivity index (χ0v) is 10.1. The van der Waals surface area contributed by atoms with E-state index in [9.17, 15) is 4.79 Å². The first-order chi connectivity index (χ1) is 7.18. The molecule has 80 valence electrons. The van der Waals surface area contributed by atoms with Crippen LogP contribution in [0.5, 0.6) is 0 Å². The van der Waals surface area contributed by atoms with Gasteiger partial charge in [-0.05, 0) is 37.6 Å². The molecule has 0 bridgehead atoms. The van der Waals surface area contributed by atoms with Gasteiger partial charge in [0.05, 0.1) is 6.04 Å². The van der Waals surface area contributed by atoms with E-state index in [-0.39, 0.29) is 11.9 Å². The van der Waals surface area contributed by atoms with Crippen molar-refractivity contribution in [3.63, 3.8) is 0 Å². The Bertz CT molecular complexity index is 388. The second-order valence-corrected chi connectivity index (χ2v) is 4.55. The minimum absolute atomic E-state index is 0.0108. The third kappa shape index (κ3) is 2.21. The van der Waals surface area contributed by atoms with E-state index in [1.165, 1.54) is 0 Å². The molecule has 0 saturated carbocycles. The van der Waals surface area contributed by atoms with Crippen LogP contribution in [0.15, 0.2) is 22.7 Å². The summed E-state index contributed by atoms with van der Waals surface area (Å²) in [5.41, 5.74) is 1.94. The molecule has 1 aromatic rings. The Hall–Kier alpha value is -0.870. The Labute approximate surface area is 97.4 Å². The average Bonchev–Trinajstić information content (AvgIpc) is 2.10. The predicted octanol–water partition coefficient (Wildman–Crippen LogP) is 2.06. The minimum atomic E-state index is -0.0108. The number of carbonyl (C=O) groups excluding carboxylic acids is 1. The molecule has 1 atom stereocenters. The lowest BCUT2D eigenvalue weighted by Crippen LogP contribution is -2.50. The first-order valence-electron chi connectivity index (χ1n) is 4.98. The first-order valence-corrected chi connectivity index (χ1v) is 5.77. The molecule has 2 rings (SSSR count). The molecule has 0 aromatic heterocycles. The van der Waals surface area contributed by atoms with Crippen LogP contribution in [0.4, 0.5) is 5.69 Å². The summed E-state index contributed by atoms with van der Waals surface area (Å²) >= 11 is 3.44. The van der Waals surface area contributed by atoms with Crippen LogP contribution in [0, 0.1) is 6.92 Å². The van der Waals surface area contributed by atoms with Crippen molar-refractivity contribution in [3.8, 4) is 0 Å². The number of amides is 1. The van der Waals surface area contributed by atoms with Crippen LogP contribution >= 0.6 is 15.9 Å². The summed E-state index contributed by atoms with van der Waals surface area (Å²) in [4.78, 5) is 11.7. The van der Waals surface area contributed by atoms with Gasteiger partial charge in [-0.25, -0.2) is 0 Å². The van der Waals surface area contributed by atoms with Crippen molar-refractivity contribution in [1.82, 2.24) is 5.32 Å². The molecule has 1 amide bonds. The van der Waals surface area contributed by atoms with Crippen molar-refractivity contribution < 1.29 is 4.79 Å². The lowest BCUT2D eigenvalue weighted by Gasteiger charge is -2.26. The lowest BCUT2D eigenvalue weighted by molar-refractivity contribution is -0.119. The highest BCUT2D eigenvalue weighted by atomic mass is 79.9. The van der Waals surface area contributed by atoms with Crippen molar-refractivity contribution >= 4 is 27.5 Å². The largest absolute Gasteiger partial charge is 0.324 e. The number of carbonyl (C=O) groups is 1. The topological polar surface area (TPSA) is 41.1 Å². The summed E-state index contributed by atoms with van der Waals surface area (Å²) in [6.45, 7) is 2.92. The molecule has 0 radical (unpaired) electrons. The van der Waals surface area contributed by atoms with Gasteiger partial charge in [0, 0.05) is 10.2 Å². The maximum atomic E-state index is 11.7. The third-order valence-electron chi connectivity index (χ3n) is 2.67. The molecule has 3 nitrogen and oxygen atoms in total. The van der Waals surface area contributed by atoms with Gasteiger partial charge in [-0.1, -0.05) is 22.0 Å². The van der Waals surface area contributed by atoms with Gasteiger partial charge in [0.2, 0.25) is 5.91 Å². The highest BCUT2D eigenvalue weighted by Gasteiger charge is 2.24. The zero-order chi connectivity index (χ0) is 10.8. The Morgan fingerprint density at radius 1 is 1.60 bits per heavy atom. The molecule has 1 fully saturated rings. The van der Waals surface area contributed by atoms with Crippen LogP contribution in [0.2, 0.25) is 0 Å². The average molecular weight is 269 g/mol. The fourth-order valence-corrected chi connectivity index (χ4v) is 1.84. The summed E-state index contributed by atoms with van der Waals surface area (Å²) < 4.78 is 1.02. The number of hydrogen-bond donors (Lipinski definition) is 2. The molecule has 1 aromatic carbocycles. The normalized spacial score (nSPS) is 19.5. The van der Waals surface area contributed by atoms with Gasteiger partial charge in [-0.2, -0.15) is 0 Å². The molecule has 0 aliphatic carbocycles. The Kier molecular flexibility index (Phi) is 3.07. The van der Waals surface area contributed by atoms with Gasteiger partial charge in [-0.15, -0.1) is 0 Å². The number of benzene rings is 1. The Morgan fingerprint density at radius 2 is 2.33 bits per heavy atom. The van der Waals surface area contributed by atoms with Gasteiger partial charge in [0.1, 0.15) is 0 Å². The smallest absolute Gasteiger partial charge is 0.241 e. The number of hydrogen-bond acceptors (Lipinski definition) is 2. The lowest BCUT2D eigenvalue weighted by atomic mass is 10.1. The summed E-state index contributed by atoms with van der Waals surface area (Å²) in [6.07, 6.45) is 0.929. The molecule has 0 spiro atoms. The highest BCUT2D eigenvalue weighted by molar-refractivity contribution is 9.10. The molecule has 15 heavy (non-hydrogen) atoms. The van der Waals surface area contributed by atoms with E-state index in [1.54, 1.807) is 0 Å². The van der Waals surface area contributed by atoms with E-state index in [2.05, 4.69) is 26.6 Å². The van der Waals surface area contributed by atoms with Gasteiger partial charge < -0.3 is 10.6 Å². The fourth-order valence-electron chi connectivity index (χ4n) is 1.48. The summed E-state index contributed by atoms with van der Waals surface area (Å²) in [7, 11) is 0. The second kappa shape index (κ2) is 4.33. The van der Waals surface area contributed by atoms with Gasteiger partial charge in [-0.3, -0.25) is 4.79 Å². The SMILES string of the molecule is Cc1c(Br)cccc1NC(=O)[C@H]1CCN1. The Morgan fingerprint density at radius 3 is 2.93 bits per heavy atom. The molecule has 1 aliphatic heterocycles. The van der Waals surface area contributed by atoms with Crippen LogP contribution in [0.3, 0.4) is 0 Å². The summed E-state index contributed by atoms with van der Waals surface area (Å²) in [5.74, 6) is 0.0578. The van der Waals surface area contributed by atoms with Crippen LogP contribution in [0.25, 0.3) is 0 Å². The Balaban J connectivity index is 2.09. The standard InChI is InChI=1S/C11H13BrN2O/c1-7-8(12)3-2-4-9(7)14-11(15)10-5-6-13-10/h2-4,10,13H,5-6H2,1H3,(H,14,15)/t10-/m1/s1. The van der Waals surface area contributed by atoms with Gasteiger partial charge >= 0.3 is 0 Å². The maximum Gasteiger partial charge on any atom is 0.241 e. The summed E-state index contributed by atoms with van der Waals surface area (Å²) in [6, 6.07) is 5.79. The van der Waals surface area contributed by atoms with E-state index in [0.717, 1.165) is 28.7 Å². The zero-order valence-electron chi connectivity index (χ0n) is 8.51. The monoisotopic (exact) mass is 268 g/mol. The van der Waals surface area contributed by atoms with Crippen LogP contribution in [0.1, 0.15) is 12.0 Å². The van der Waals surface area contributed by atoms with Crippen molar-refractivity contribution in [1.29, 1.82) is 0 Å². The second-order valence-electron chi connectivity index (χ2n) is 3.70. The maximum absolute atomic E-state index is 11.7. The van der Waals surface area contributed by atoms with E-state index in [1.807, 2.05) is 25.1 Å².